The lowest BCUT2D eigenvalue weighted by Crippen LogP contribution is -2.41. The van der Waals surface area contributed by atoms with Crippen LogP contribution in [0.15, 0.2) is 40.4 Å². The highest BCUT2D eigenvalue weighted by Crippen LogP contribution is 2.37. The fraction of sp³-hybridized carbons (Fsp3) is 0.538. The number of anilines is 1. The van der Waals surface area contributed by atoms with Crippen molar-refractivity contribution in [3.63, 3.8) is 0 Å². The van der Waals surface area contributed by atoms with Gasteiger partial charge in [-0.3, -0.25) is 9.79 Å². The highest BCUT2D eigenvalue weighted by molar-refractivity contribution is 7.95. The molecule has 4 rings (SSSR count). The van der Waals surface area contributed by atoms with Gasteiger partial charge in [-0.15, -0.1) is 5.10 Å². The molecule has 2 aliphatic rings. The van der Waals surface area contributed by atoms with Gasteiger partial charge in [0.2, 0.25) is 5.88 Å². The van der Waals surface area contributed by atoms with Crippen LogP contribution in [0.25, 0.3) is 5.82 Å². The summed E-state index contributed by atoms with van der Waals surface area (Å²) in [4.78, 5) is 24.4. The molecule has 2 aromatic rings. The second-order valence-corrected chi connectivity index (χ2v) is 13.3. The average molecular weight is 529 g/mol. The zero-order valence-corrected chi connectivity index (χ0v) is 23.4. The zero-order valence-electron chi connectivity index (χ0n) is 22.6. The van der Waals surface area contributed by atoms with E-state index in [-0.39, 0.29) is 28.0 Å². The van der Waals surface area contributed by atoms with E-state index in [1.165, 1.54) is 6.08 Å². The molecule has 0 aliphatic carbocycles. The van der Waals surface area contributed by atoms with Gasteiger partial charge in [0.1, 0.15) is 10.7 Å². The molecule has 0 spiro atoms. The van der Waals surface area contributed by atoms with Crippen molar-refractivity contribution in [1.82, 2.24) is 19.5 Å². The number of aliphatic imine (C=N–C) groups is 1. The molecule has 11 heteroatoms. The van der Waals surface area contributed by atoms with E-state index in [1.807, 2.05) is 0 Å². The van der Waals surface area contributed by atoms with Crippen LogP contribution in [0.2, 0.25) is 0 Å². The van der Waals surface area contributed by atoms with Crippen molar-refractivity contribution in [2.45, 2.75) is 60.4 Å². The molecule has 1 amide bonds. The van der Waals surface area contributed by atoms with Gasteiger partial charge < -0.3 is 9.64 Å². The Morgan fingerprint density at radius 2 is 1.97 bits per heavy atom. The zero-order chi connectivity index (χ0) is 27.2. The fourth-order valence-corrected chi connectivity index (χ4v) is 5.95. The highest BCUT2D eigenvalue weighted by atomic mass is 32.2. The van der Waals surface area contributed by atoms with Gasteiger partial charge in [0.25, 0.3) is 15.9 Å². The fourth-order valence-electron chi connectivity index (χ4n) is 4.74. The van der Waals surface area contributed by atoms with Gasteiger partial charge in [-0.2, -0.15) is 0 Å². The van der Waals surface area contributed by atoms with Crippen molar-refractivity contribution in [1.29, 1.82) is 0 Å². The average Bonchev–Trinajstić information content (AvgIpc) is 3.49. The second kappa shape index (κ2) is 9.59. The van der Waals surface area contributed by atoms with Crippen LogP contribution in [0.3, 0.4) is 0 Å². The van der Waals surface area contributed by atoms with Gasteiger partial charge in [-0.1, -0.05) is 27.7 Å². The number of hydrogen-bond donors (Lipinski definition) is 1. The van der Waals surface area contributed by atoms with Gasteiger partial charge in [0, 0.05) is 24.3 Å². The summed E-state index contributed by atoms with van der Waals surface area (Å²) in [6, 6.07) is 5.02. The van der Waals surface area contributed by atoms with Crippen LogP contribution >= 0.6 is 0 Å². The van der Waals surface area contributed by atoms with E-state index in [4.69, 9.17) is 9.72 Å². The van der Waals surface area contributed by atoms with Gasteiger partial charge in [0.15, 0.2) is 5.82 Å². The standard InChI is InChI=1S/C26H36N6O4S/c1-17-14-26(6,7)31(15-17)23-19(24(33)30-37(34,35)20-10-12-27-18(20)2)8-9-21(28-23)32-13-11-22(29-32)36-16-25(3,4)5/h8-11,13,17H,12,14-16H2,1-7H3,(H,30,33)/t17-/m0/s1. The summed E-state index contributed by atoms with van der Waals surface area (Å²) in [5, 5.41) is 4.49. The quantitative estimate of drug-likeness (QED) is 0.582. The molecule has 2 aromatic heterocycles. The topological polar surface area (TPSA) is 119 Å². The number of ether oxygens (including phenoxy) is 1. The maximum atomic E-state index is 13.4. The Labute approximate surface area is 218 Å². The minimum Gasteiger partial charge on any atom is -0.476 e. The Bertz CT molecular complexity index is 1370. The first-order chi connectivity index (χ1) is 17.2. The van der Waals surface area contributed by atoms with Crippen LogP contribution < -0.4 is 14.4 Å². The third-order valence-electron chi connectivity index (χ3n) is 6.36. The molecule has 0 radical (unpaired) electrons. The largest absolute Gasteiger partial charge is 0.476 e. The van der Waals surface area contributed by atoms with Crippen LogP contribution in [0.5, 0.6) is 5.88 Å². The number of pyridine rings is 1. The number of hydrogen-bond acceptors (Lipinski definition) is 8. The monoisotopic (exact) mass is 528 g/mol. The molecule has 0 bridgehead atoms. The van der Waals surface area contributed by atoms with E-state index in [0.29, 0.717) is 42.3 Å². The van der Waals surface area contributed by atoms with Crippen LogP contribution in [-0.4, -0.2) is 60.0 Å². The number of amides is 1. The summed E-state index contributed by atoms with van der Waals surface area (Å²) in [5.41, 5.74) is 0.272. The number of nitrogens with zero attached hydrogens (tertiary/aromatic N) is 5. The Morgan fingerprint density at radius 3 is 2.57 bits per heavy atom. The summed E-state index contributed by atoms with van der Waals surface area (Å²) in [7, 11) is -4.06. The predicted molar refractivity (Wildman–Crippen MR) is 144 cm³/mol. The summed E-state index contributed by atoms with van der Waals surface area (Å²) in [6.45, 7) is 15.7. The van der Waals surface area contributed by atoms with Crippen molar-refractivity contribution < 1.29 is 17.9 Å². The number of allylic oxidation sites excluding steroid dienone is 1. The van der Waals surface area contributed by atoms with E-state index >= 15 is 0 Å². The normalized spacial score (nSPS) is 19.5. The molecule has 2 aliphatic heterocycles. The van der Waals surface area contributed by atoms with Crippen LogP contribution in [0.1, 0.15) is 65.2 Å². The number of nitrogens with one attached hydrogen (secondary N) is 1. The van der Waals surface area contributed by atoms with E-state index in [9.17, 15) is 13.2 Å². The highest BCUT2D eigenvalue weighted by Gasteiger charge is 2.39. The Balaban J connectivity index is 1.69. The van der Waals surface area contributed by atoms with Crippen molar-refractivity contribution >= 4 is 27.5 Å². The molecule has 200 valence electrons. The van der Waals surface area contributed by atoms with Crippen molar-refractivity contribution in [2.75, 3.05) is 24.6 Å². The molecule has 1 saturated heterocycles. The first-order valence-corrected chi connectivity index (χ1v) is 13.9. The summed E-state index contributed by atoms with van der Waals surface area (Å²) < 4.78 is 35.5. The van der Waals surface area contributed by atoms with E-state index in [2.05, 4.69) is 61.3 Å². The molecule has 37 heavy (non-hydrogen) atoms. The van der Waals surface area contributed by atoms with Gasteiger partial charge in [-0.25, -0.2) is 22.8 Å². The third-order valence-corrected chi connectivity index (χ3v) is 7.86. The summed E-state index contributed by atoms with van der Waals surface area (Å²) >= 11 is 0. The molecular formula is C26H36N6O4S. The SMILES string of the molecule is CC1=NCC=C1S(=O)(=O)NC(=O)c1ccc(-n2ccc(OCC(C)(C)C)n2)nc1N1C[C@@H](C)CC1(C)C. The molecule has 10 nitrogen and oxygen atoms in total. The predicted octanol–water partition coefficient (Wildman–Crippen LogP) is 3.74. The van der Waals surface area contributed by atoms with Crippen LogP contribution in [0.4, 0.5) is 5.82 Å². The lowest BCUT2D eigenvalue weighted by molar-refractivity contribution is 0.0982. The molecule has 0 unspecified atom stereocenters. The molecule has 1 atom stereocenters. The number of carbonyl (C=O) groups is 1. The van der Waals surface area contributed by atoms with Gasteiger partial charge in [-0.05, 0) is 56.7 Å². The molecule has 0 saturated carbocycles. The number of rotatable bonds is 7. The Hall–Kier alpha value is -3.21. The second-order valence-electron chi connectivity index (χ2n) is 11.6. The summed E-state index contributed by atoms with van der Waals surface area (Å²) in [5.74, 6) is 1.03. The minimum atomic E-state index is -4.06. The van der Waals surface area contributed by atoms with Gasteiger partial charge >= 0.3 is 0 Å². The molecule has 1 N–H and O–H groups in total. The van der Waals surface area contributed by atoms with E-state index < -0.39 is 15.9 Å². The Morgan fingerprint density at radius 1 is 1.24 bits per heavy atom. The lowest BCUT2D eigenvalue weighted by Gasteiger charge is -2.34. The maximum absolute atomic E-state index is 13.4. The van der Waals surface area contributed by atoms with Crippen molar-refractivity contribution in [2.24, 2.45) is 16.3 Å². The minimum absolute atomic E-state index is 0.0124. The van der Waals surface area contributed by atoms with Crippen molar-refractivity contribution in [3.8, 4) is 11.7 Å². The molecule has 4 heterocycles. The van der Waals surface area contributed by atoms with Gasteiger partial charge in [0.05, 0.1) is 24.4 Å². The smallest absolute Gasteiger partial charge is 0.268 e. The van der Waals surface area contributed by atoms with Crippen LogP contribution in [0, 0.1) is 11.3 Å². The van der Waals surface area contributed by atoms with E-state index in [0.717, 1.165) is 6.42 Å². The first kappa shape index (κ1) is 26.8. The van der Waals surface area contributed by atoms with E-state index in [1.54, 1.807) is 36.0 Å². The lowest BCUT2D eigenvalue weighted by atomic mass is 9.97. The van der Waals surface area contributed by atoms with Crippen molar-refractivity contribution in [3.05, 3.63) is 40.9 Å². The summed E-state index contributed by atoms with van der Waals surface area (Å²) in [6.07, 6.45) is 4.16. The number of sulfonamides is 1. The first-order valence-electron chi connectivity index (χ1n) is 12.4. The maximum Gasteiger partial charge on any atom is 0.268 e. The molecule has 1 fully saturated rings. The Kier molecular flexibility index (Phi) is 6.96. The third kappa shape index (κ3) is 5.87. The van der Waals surface area contributed by atoms with Crippen LogP contribution in [-0.2, 0) is 10.0 Å². The molecular weight excluding hydrogens is 492 g/mol. The number of carbonyl (C=O) groups excluding carboxylic acids is 1. The number of aromatic nitrogens is 3. The molecule has 0 aromatic carbocycles.